The lowest BCUT2D eigenvalue weighted by molar-refractivity contribution is -0.137. The molecule has 2 amide bonds. The number of carboxylic acid groups (broad SMARTS) is 1. The van der Waals surface area contributed by atoms with Crippen LogP contribution in [0.4, 0.5) is 4.79 Å². The van der Waals surface area contributed by atoms with Crippen molar-refractivity contribution >= 4 is 12.0 Å². The fraction of sp³-hybridized carbons (Fsp3) is 0.538. The molecule has 1 N–H and O–H groups in total. The molecule has 0 unspecified atom stereocenters. The van der Waals surface area contributed by atoms with Crippen molar-refractivity contribution in [2.45, 2.75) is 26.3 Å². The van der Waals surface area contributed by atoms with E-state index < -0.39 is 5.97 Å². The second kappa shape index (κ2) is 8.33. The van der Waals surface area contributed by atoms with Crippen LogP contribution >= 0.6 is 0 Å². The third-order valence-electron chi connectivity index (χ3n) is 2.41. The molecule has 0 atom stereocenters. The van der Waals surface area contributed by atoms with E-state index in [-0.39, 0.29) is 25.0 Å². The molecule has 0 saturated carbocycles. The monoisotopic (exact) mass is 254 g/mol. The number of carbonyl (C=O) groups is 2. The van der Waals surface area contributed by atoms with Gasteiger partial charge in [-0.25, -0.2) is 4.79 Å². The van der Waals surface area contributed by atoms with E-state index in [2.05, 4.69) is 13.2 Å². The summed E-state index contributed by atoms with van der Waals surface area (Å²) in [7, 11) is 0. The van der Waals surface area contributed by atoms with Gasteiger partial charge in [0.1, 0.15) is 0 Å². The summed E-state index contributed by atoms with van der Waals surface area (Å²) in [5, 5.41) is 8.69. The molecule has 102 valence electrons. The molecule has 0 aliphatic heterocycles. The first-order valence-electron chi connectivity index (χ1n) is 5.93. The molecule has 0 radical (unpaired) electrons. The third kappa shape index (κ3) is 5.52. The van der Waals surface area contributed by atoms with Crippen LogP contribution in [0.5, 0.6) is 0 Å². The summed E-state index contributed by atoms with van der Waals surface area (Å²) < 4.78 is 0. The molecule has 0 saturated heterocycles. The molecular formula is C13H22N2O3. The van der Waals surface area contributed by atoms with Gasteiger partial charge < -0.3 is 14.9 Å². The van der Waals surface area contributed by atoms with E-state index in [0.717, 1.165) is 0 Å². The molecule has 0 bridgehead atoms. The van der Waals surface area contributed by atoms with E-state index in [0.29, 0.717) is 13.1 Å². The lowest BCUT2D eigenvalue weighted by atomic mass is 10.3. The minimum absolute atomic E-state index is 0.0472. The van der Waals surface area contributed by atoms with Gasteiger partial charge in [0.25, 0.3) is 0 Å². The molecule has 0 aromatic rings. The van der Waals surface area contributed by atoms with Gasteiger partial charge in [0.15, 0.2) is 0 Å². The Labute approximate surface area is 108 Å². The standard InChI is InChI=1S/C13H22N2O3/c1-5-8-14(9-6-2)13(18)15(11(3)4)10-7-12(16)17/h5-6,11H,1-2,7-10H2,3-4H3,(H,16,17). The summed E-state index contributed by atoms with van der Waals surface area (Å²) in [6.45, 7) is 12.0. The Balaban J connectivity index is 4.73. The fourth-order valence-corrected chi connectivity index (χ4v) is 1.51. The normalized spacial score (nSPS) is 9.94. The first-order chi connectivity index (χ1) is 8.43. The molecular weight excluding hydrogens is 232 g/mol. The van der Waals surface area contributed by atoms with Crippen LogP contribution in [0.1, 0.15) is 20.3 Å². The Morgan fingerprint density at radius 2 is 1.72 bits per heavy atom. The third-order valence-corrected chi connectivity index (χ3v) is 2.41. The lowest BCUT2D eigenvalue weighted by Crippen LogP contribution is -2.47. The maximum absolute atomic E-state index is 12.2. The number of aliphatic carboxylic acids is 1. The van der Waals surface area contributed by atoms with Gasteiger partial charge in [-0.3, -0.25) is 4.79 Å². The van der Waals surface area contributed by atoms with Crippen molar-refractivity contribution in [2.24, 2.45) is 0 Å². The summed E-state index contributed by atoms with van der Waals surface area (Å²) in [6, 6.07) is -0.236. The van der Waals surface area contributed by atoms with Crippen molar-refractivity contribution in [2.75, 3.05) is 19.6 Å². The topological polar surface area (TPSA) is 60.9 Å². The molecule has 0 aromatic carbocycles. The van der Waals surface area contributed by atoms with E-state index in [1.807, 2.05) is 13.8 Å². The van der Waals surface area contributed by atoms with Crippen molar-refractivity contribution in [3.05, 3.63) is 25.3 Å². The van der Waals surface area contributed by atoms with Gasteiger partial charge in [-0.2, -0.15) is 0 Å². The van der Waals surface area contributed by atoms with Gasteiger partial charge >= 0.3 is 12.0 Å². The molecule has 0 aliphatic carbocycles. The molecule has 5 nitrogen and oxygen atoms in total. The summed E-state index contributed by atoms with van der Waals surface area (Å²) >= 11 is 0. The number of urea groups is 1. The van der Waals surface area contributed by atoms with Crippen molar-refractivity contribution in [3.63, 3.8) is 0 Å². The Bertz CT molecular complexity index is 303. The van der Waals surface area contributed by atoms with Gasteiger partial charge in [-0.1, -0.05) is 12.2 Å². The van der Waals surface area contributed by atoms with Crippen LogP contribution in [0.25, 0.3) is 0 Å². The molecule has 18 heavy (non-hydrogen) atoms. The van der Waals surface area contributed by atoms with E-state index >= 15 is 0 Å². The minimum Gasteiger partial charge on any atom is -0.481 e. The van der Waals surface area contributed by atoms with Crippen molar-refractivity contribution < 1.29 is 14.7 Å². The highest BCUT2D eigenvalue weighted by atomic mass is 16.4. The van der Waals surface area contributed by atoms with Gasteiger partial charge in [0.2, 0.25) is 0 Å². The van der Waals surface area contributed by atoms with Crippen molar-refractivity contribution in [1.29, 1.82) is 0 Å². The maximum atomic E-state index is 12.2. The Hall–Kier alpha value is -1.78. The highest BCUT2D eigenvalue weighted by Crippen LogP contribution is 2.06. The van der Waals surface area contributed by atoms with Gasteiger partial charge in [-0.05, 0) is 13.8 Å². The van der Waals surface area contributed by atoms with Crippen LogP contribution in [0.3, 0.4) is 0 Å². The predicted molar refractivity (Wildman–Crippen MR) is 71.5 cm³/mol. The van der Waals surface area contributed by atoms with E-state index in [9.17, 15) is 9.59 Å². The van der Waals surface area contributed by atoms with Crippen LogP contribution in [-0.4, -0.2) is 52.6 Å². The summed E-state index contributed by atoms with van der Waals surface area (Å²) in [5.41, 5.74) is 0. The maximum Gasteiger partial charge on any atom is 0.320 e. The average molecular weight is 254 g/mol. The first kappa shape index (κ1) is 16.2. The Morgan fingerprint density at radius 3 is 2.06 bits per heavy atom. The molecule has 0 aliphatic rings. The molecule has 0 spiro atoms. The highest BCUT2D eigenvalue weighted by molar-refractivity contribution is 5.76. The Morgan fingerprint density at radius 1 is 1.22 bits per heavy atom. The lowest BCUT2D eigenvalue weighted by Gasteiger charge is -2.32. The number of amides is 2. The molecule has 5 heteroatoms. The second-order valence-corrected chi connectivity index (χ2v) is 4.20. The fourth-order valence-electron chi connectivity index (χ4n) is 1.51. The first-order valence-corrected chi connectivity index (χ1v) is 5.93. The van der Waals surface area contributed by atoms with Crippen molar-refractivity contribution in [1.82, 2.24) is 9.80 Å². The molecule has 0 fully saturated rings. The van der Waals surface area contributed by atoms with Crippen LogP contribution in [0, 0.1) is 0 Å². The molecule has 0 rings (SSSR count). The zero-order chi connectivity index (χ0) is 14.1. The van der Waals surface area contributed by atoms with E-state index in [4.69, 9.17) is 5.11 Å². The largest absolute Gasteiger partial charge is 0.481 e. The molecule has 0 heterocycles. The SMILES string of the molecule is C=CCN(CC=C)C(=O)N(CCC(=O)O)C(C)C. The number of rotatable bonds is 8. The number of hydrogen-bond acceptors (Lipinski definition) is 2. The van der Waals surface area contributed by atoms with Crippen LogP contribution in [0.15, 0.2) is 25.3 Å². The quantitative estimate of drug-likeness (QED) is 0.674. The summed E-state index contributed by atoms with van der Waals surface area (Å²) in [6.07, 6.45) is 3.22. The summed E-state index contributed by atoms with van der Waals surface area (Å²) in [4.78, 5) is 25.9. The minimum atomic E-state index is -0.910. The smallest absolute Gasteiger partial charge is 0.320 e. The number of nitrogens with zero attached hydrogens (tertiary/aromatic N) is 2. The zero-order valence-electron chi connectivity index (χ0n) is 11.1. The van der Waals surface area contributed by atoms with E-state index in [1.54, 1.807) is 22.0 Å². The van der Waals surface area contributed by atoms with Gasteiger partial charge in [0, 0.05) is 25.7 Å². The van der Waals surface area contributed by atoms with E-state index in [1.165, 1.54) is 0 Å². The molecule has 0 aromatic heterocycles. The number of carbonyl (C=O) groups excluding carboxylic acids is 1. The van der Waals surface area contributed by atoms with Crippen LogP contribution in [0.2, 0.25) is 0 Å². The van der Waals surface area contributed by atoms with Crippen LogP contribution < -0.4 is 0 Å². The predicted octanol–water partition coefficient (Wildman–Crippen LogP) is 1.97. The number of carboxylic acids is 1. The van der Waals surface area contributed by atoms with Gasteiger partial charge in [0.05, 0.1) is 6.42 Å². The highest BCUT2D eigenvalue weighted by Gasteiger charge is 2.22. The Kier molecular flexibility index (Phi) is 7.51. The summed E-state index contributed by atoms with van der Waals surface area (Å²) in [5.74, 6) is -0.910. The second-order valence-electron chi connectivity index (χ2n) is 4.20. The van der Waals surface area contributed by atoms with Gasteiger partial charge in [-0.15, -0.1) is 13.2 Å². The zero-order valence-corrected chi connectivity index (χ0v) is 11.1. The number of hydrogen-bond donors (Lipinski definition) is 1. The van der Waals surface area contributed by atoms with Crippen LogP contribution in [-0.2, 0) is 4.79 Å². The van der Waals surface area contributed by atoms with Crippen molar-refractivity contribution in [3.8, 4) is 0 Å². The average Bonchev–Trinajstić information content (AvgIpc) is 2.27.